The van der Waals surface area contributed by atoms with E-state index in [1.54, 1.807) is 13.8 Å². The minimum atomic E-state index is -0.578. The number of hydrogen-bond acceptors (Lipinski definition) is 4. The van der Waals surface area contributed by atoms with Gasteiger partial charge in [0, 0.05) is 6.07 Å². The third kappa shape index (κ3) is 2.79. The van der Waals surface area contributed by atoms with E-state index in [9.17, 15) is 14.9 Å². The zero-order valence-electron chi connectivity index (χ0n) is 8.77. The Bertz CT molecular complexity index is 431. The van der Waals surface area contributed by atoms with Crippen LogP contribution in [0.2, 0.25) is 0 Å². The van der Waals surface area contributed by atoms with Gasteiger partial charge in [0.2, 0.25) is 0 Å². The van der Waals surface area contributed by atoms with E-state index in [2.05, 4.69) is 15.9 Å². The van der Waals surface area contributed by atoms with Gasteiger partial charge in [0.05, 0.1) is 16.6 Å². The lowest BCUT2D eigenvalue weighted by Crippen LogP contribution is -2.12. The van der Waals surface area contributed by atoms with Crippen LogP contribution in [0.3, 0.4) is 0 Å². The van der Waals surface area contributed by atoms with Crippen molar-refractivity contribution >= 4 is 27.6 Å². The fraction of sp³-hybridized carbons (Fsp3) is 0.300. The van der Waals surface area contributed by atoms with Crippen molar-refractivity contribution in [1.29, 1.82) is 0 Å². The molecule has 0 bridgehead atoms. The molecule has 0 unspecified atom stereocenters. The lowest BCUT2D eigenvalue weighted by Gasteiger charge is -2.08. The maximum atomic E-state index is 11.6. The first-order chi connectivity index (χ1) is 7.43. The van der Waals surface area contributed by atoms with Crippen LogP contribution >= 0.6 is 15.9 Å². The molecule has 1 rings (SSSR count). The molecule has 0 spiro atoms. The minimum absolute atomic E-state index is 0.144. The second kappa shape index (κ2) is 5.07. The molecule has 0 aliphatic carbocycles. The summed E-state index contributed by atoms with van der Waals surface area (Å²) in [6, 6.07) is 4.23. The summed E-state index contributed by atoms with van der Waals surface area (Å²) < 4.78 is 5.10. The summed E-state index contributed by atoms with van der Waals surface area (Å²) in [7, 11) is 0. The van der Waals surface area contributed by atoms with Crippen LogP contribution in [0, 0.1) is 10.1 Å². The van der Waals surface area contributed by atoms with Gasteiger partial charge in [-0.15, -0.1) is 0 Å². The Morgan fingerprint density at radius 1 is 1.50 bits per heavy atom. The average molecular weight is 288 g/mol. The van der Waals surface area contributed by atoms with Gasteiger partial charge in [-0.2, -0.15) is 0 Å². The maximum Gasteiger partial charge on any atom is 0.339 e. The number of ether oxygens (including phenoxy) is 1. The summed E-state index contributed by atoms with van der Waals surface area (Å²) in [5.74, 6) is -0.578. The van der Waals surface area contributed by atoms with Gasteiger partial charge in [-0.3, -0.25) is 10.1 Å². The Morgan fingerprint density at radius 3 is 2.62 bits per heavy atom. The molecule has 16 heavy (non-hydrogen) atoms. The molecule has 0 saturated heterocycles. The van der Waals surface area contributed by atoms with Crippen LogP contribution in [0.5, 0.6) is 0 Å². The number of carbonyl (C=O) groups is 1. The van der Waals surface area contributed by atoms with Gasteiger partial charge in [-0.25, -0.2) is 4.79 Å². The first-order valence-corrected chi connectivity index (χ1v) is 5.36. The minimum Gasteiger partial charge on any atom is -0.459 e. The van der Waals surface area contributed by atoms with E-state index in [0.29, 0.717) is 0 Å². The molecule has 0 amide bonds. The highest BCUT2D eigenvalue weighted by Crippen LogP contribution is 2.28. The molecular formula is C10H10BrNO4. The summed E-state index contributed by atoms with van der Waals surface area (Å²) in [6.07, 6.45) is -0.265. The first-order valence-electron chi connectivity index (χ1n) is 4.57. The second-order valence-electron chi connectivity index (χ2n) is 3.35. The Labute approximate surface area is 101 Å². The van der Waals surface area contributed by atoms with Gasteiger partial charge in [0.1, 0.15) is 4.47 Å². The number of nitro benzene ring substituents is 1. The molecule has 0 radical (unpaired) electrons. The number of halogens is 1. The molecule has 0 aliphatic rings. The van der Waals surface area contributed by atoms with Gasteiger partial charge >= 0.3 is 5.97 Å². The van der Waals surface area contributed by atoms with Crippen molar-refractivity contribution in [3.05, 3.63) is 38.3 Å². The Morgan fingerprint density at radius 2 is 2.12 bits per heavy atom. The number of rotatable bonds is 3. The number of nitro groups is 1. The van der Waals surface area contributed by atoms with Crippen molar-refractivity contribution in [2.24, 2.45) is 0 Å². The van der Waals surface area contributed by atoms with Crippen LogP contribution in [0.25, 0.3) is 0 Å². The predicted molar refractivity (Wildman–Crippen MR) is 61.3 cm³/mol. The van der Waals surface area contributed by atoms with Crippen molar-refractivity contribution in [1.82, 2.24) is 0 Å². The van der Waals surface area contributed by atoms with Crippen LogP contribution in [-0.4, -0.2) is 17.0 Å². The molecule has 0 aliphatic heterocycles. The van der Waals surface area contributed by atoms with Crippen molar-refractivity contribution in [2.75, 3.05) is 0 Å². The van der Waals surface area contributed by atoms with Crippen molar-refractivity contribution in [3.63, 3.8) is 0 Å². The molecule has 86 valence electrons. The van der Waals surface area contributed by atoms with E-state index >= 15 is 0 Å². The van der Waals surface area contributed by atoms with E-state index in [1.807, 2.05) is 0 Å². The largest absolute Gasteiger partial charge is 0.459 e. The van der Waals surface area contributed by atoms with E-state index in [0.717, 1.165) is 0 Å². The van der Waals surface area contributed by atoms with Crippen LogP contribution in [0.1, 0.15) is 24.2 Å². The molecule has 0 fully saturated rings. The predicted octanol–water partition coefficient (Wildman–Crippen LogP) is 2.92. The Kier molecular flexibility index (Phi) is 4.00. The summed E-state index contributed by atoms with van der Waals surface area (Å²) in [4.78, 5) is 21.7. The number of hydrogen-bond donors (Lipinski definition) is 0. The zero-order chi connectivity index (χ0) is 12.3. The molecule has 0 aromatic heterocycles. The molecule has 6 heteroatoms. The fourth-order valence-corrected chi connectivity index (χ4v) is 1.67. The summed E-state index contributed by atoms with van der Waals surface area (Å²) in [5.41, 5.74) is 0.00102. The lowest BCUT2D eigenvalue weighted by atomic mass is 10.2. The highest BCUT2D eigenvalue weighted by molar-refractivity contribution is 9.10. The van der Waals surface area contributed by atoms with Gasteiger partial charge in [-0.05, 0) is 35.8 Å². The normalized spacial score (nSPS) is 10.2. The first kappa shape index (κ1) is 12.6. The molecule has 0 N–H and O–H groups in total. The van der Waals surface area contributed by atoms with E-state index < -0.39 is 10.9 Å². The quantitative estimate of drug-likeness (QED) is 0.487. The molecule has 1 aromatic rings. The lowest BCUT2D eigenvalue weighted by molar-refractivity contribution is -0.385. The van der Waals surface area contributed by atoms with E-state index in [-0.39, 0.29) is 21.8 Å². The second-order valence-corrected chi connectivity index (χ2v) is 4.14. The molecule has 1 aromatic carbocycles. The molecular weight excluding hydrogens is 278 g/mol. The highest BCUT2D eigenvalue weighted by Gasteiger charge is 2.20. The molecule has 0 atom stereocenters. The third-order valence-electron chi connectivity index (χ3n) is 1.74. The highest BCUT2D eigenvalue weighted by atomic mass is 79.9. The average Bonchev–Trinajstić information content (AvgIpc) is 2.16. The maximum absolute atomic E-state index is 11.6. The number of carbonyl (C=O) groups excluding carboxylic acids is 1. The molecule has 0 saturated carbocycles. The number of nitrogens with zero attached hydrogens (tertiary/aromatic N) is 1. The van der Waals surface area contributed by atoms with Gasteiger partial charge in [0.15, 0.2) is 0 Å². The zero-order valence-corrected chi connectivity index (χ0v) is 10.4. The monoisotopic (exact) mass is 287 g/mol. The van der Waals surface area contributed by atoms with E-state index in [4.69, 9.17) is 4.74 Å². The fourth-order valence-electron chi connectivity index (χ4n) is 1.10. The third-order valence-corrected chi connectivity index (χ3v) is 2.57. The van der Waals surface area contributed by atoms with Crippen LogP contribution in [0.15, 0.2) is 22.7 Å². The Hall–Kier alpha value is -1.43. The number of benzene rings is 1. The smallest absolute Gasteiger partial charge is 0.339 e. The Balaban J connectivity index is 3.10. The topological polar surface area (TPSA) is 69.4 Å². The van der Waals surface area contributed by atoms with Gasteiger partial charge in [-0.1, -0.05) is 6.07 Å². The van der Waals surface area contributed by atoms with Crippen molar-refractivity contribution < 1.29 is 14.5 Å². The summed E-state index contributed by atoms with van der Waals surface area (Å²) in [5, 5.41) is 10.6. The standard InChI is InChI=1S/C10H10BrNO4/c1-6(2)16-10(13)7-4-3-5-8(9(7)11)12(14)15/h3-6H,1-2H3. The molecule has 0 heterocycles. The van der Waals surface area contributed by atoms with Crippen LogP contribution in [-0.2, 0) is 4.74 Å². The SMILES string of the molecule is CC(C)OC(=O)c1cccc([N+](=O)[O-])c1Br. The van der Waals surface area contributed by atoms with Gasteiger partial charge in [0.25, 0.3) is 5.69 Å². The van der Waals surface area contributed by atoms with Crippen molar-refractivity contribution in [3.8, 4) is 0 Å². The van der Waals surface area contributed by atoms with Gasteiger partial charge < -0.3 is 4.74 Å². The molecule has 5 nitrogen and oxygen atoms in total. The van der Waals surface area contributed by atoms with Crippen molar-refractivity contribution in [2.45, 2.75) is 20.0 Å². The summed E-state index contributed by atoms with van der Waals surface area (Å²) >= 11 is 3.03. The van der Waals surface area contributed by atoms with E-state index in [1.165, 1.54) is 18.2 Å². The summed E-state index contributed by atoms with van der Waals surface area (Å²) in [6.45, 7) is 3.42. The van der Waals surface area contributed by atoms with Crippen LogP contribution < -0.4 is 0 Å². The number of esters is 1. The van der Waals surface area contributed by atoms with Crippen LogP contribution in [0.4, 0.5) is 5.69 Å².